The third kappa shape index (κ3) is 3.74. The van der Waals surface area contributed by atoms with Crippen molar-refractivity contribution in [1.82, 2.24) is 15.0 Å². The molecule has 2 aromatic carbocycles. The van der Waals surface area contributed by atoms with Crippen LogP contribution < -0.4 is 10.1 Å². The third-order valence-electron chi connectivity index (χ3n) is 4.65. The molecule has 0 radical (unpaired) electrons. The third-order valence-corrected chi connectivity index (χ3v) is 5.39. The molecule has 0 saturated heterocycles. The minimum atomic E-state index is -0.287. The van der Waals surface area contributed by atoms with E-state index >= 15 is 0 Å². The molecule has 3 aromatic rings. The lowest BCUT2D eigenvalue weighted by atomic mass is 10.1. The topological polar surface area (TPSA) is 78.3 Å². The number of thioether (sulfide) groups is 1. The molecular weight excluding hydrogens is 376 g/mol. The summed E-state index contributed by atoms with van der Waals surface area (Å²) in [5, 5.41) is 11.1. The number of benzene rings is 2. The Morgan fingerprint density at radius 1 is 1.21 bits per heavy atom. The van der Waals surface area contributed by atoms with E-state index in [0.29, 0.717) is 17.9 Å². The van der Waals surface area contributed by atoms with Gasteiger partial charge < -0.3 is 14.8 Å². The Hall–Kier alpha value is -2.84. The number of carbonyl (C=O) groups excluding carboxylic acids is 1. The first-order valence-electron chi connectivity index (χ1n) is 8.81. The molecule has 1 aromatic heterocycles. The number of rotatable bonds is 5. The highest BCUT2D eigenvalue weighted by atomic mass is 32.2. The van der Waals surface area contributed by atoms with Crippen LogP contribution in [0.5, 0.6) is 5.75 Å². The molecule has 1 amide bonds. The van der Waals surface area contributed by atoms with Gasteiger partial charge in [0.2, 0.25) is 0 Å². The summed E-state index contributed by atoms with van der Waals surface area (Å²) in [4.78, 5) is 13.8. The van der Waals surface area contributed by atoms with Crippen LogP contribution in [0.2, 0.25) is 0 Å². The van der Waals surface area contributed by atoms with Gasteiger partial charge in [-0.1, -0.05) is 17.3 Å². The number of ether oxygens (including phenoxy) is 2. The van der Waals surface area contributed by atoms with E-state index in [9.17, 15) is 4.79 Å². The molecule has 8 heteroatoms. The van der Waals surface area contributed by atoms with E-state index in [1.54, 1.807) is 23.6 Å². The molecule has 0 spiro atoms. The fourth-order valence-electron chi connectivity index (χ4n) is 3.07. The maximum Gasteiger partial charge on any atom is 0.278 e. The van der Waals surface area contributed by atoms with Crippen LogP contribution in [-0.2, 0) is 17.9 Å². The predicted molar refractivity (Wildman–Crippen MR) is 107 cm³/mol. The summed E-state index contributed by atoms with van der Waals surface area (Å²) in [7, 11) is 1.64. The maximum absolute atomic E-state index is 12.6. The Morgan fingerprint density at radius 2 is 1.96 bits per heavy atom. The zero-order chi connectivity index (χ0) is 19.5. The van der Waals surface area contributed by atoms with Crippen molar-refractivity contribution in [2.45, 2.75) is 24.2 Å². The Morgan fingerprint density at radius 3 is 2.64 bits per heavy atom. The second-order valence-corrected chi connectivity index (χ2v) is 7.20. The van der Waals surface area contributed by atoms with E-state index in [0.717, 1.165) is 21.9 Å². The van der Waals surface area contributed by atoms with Crippen molar-refractivity contribution in [3.05, 3.63) is 65.5 Å². The number of hydrogen-bond acceptors (Lipinski definition) is 6. The minimum Gasteiger partial charge on any atom is -0.497 e. The van der Waals surface area contributed by atoms with Gasteiger partial charge in [0.05, 0.1) is 26.0 Å². The average molecular weight is 396 g/mol. The fraction of sp³-hybridized carbons (Fsp3) is 0.250. The smallest absolute Gasteiger partial charge is 0.278 e. The fourth-order valence-corrected chi connectivity index (χ4v) is 3.48. The molecule has 1 aliphatic rings. The van der Waals surface area contributed by atoms with Crippen molar-refractivity contribution < 1.29 is 14.3 Å². The summed E-state index contributed by atoms with van der Waals surface area (Å²) in [6.45, 7) is 0.780. The highest BCUT2D eigenvalue weighted by molar-refractivity contribution is 7.98. The number of nitrogens with one attached hydrogen (secondary N) is 1. The summed E-state index contributed by atoms with van der Waals surface area (Å²) in [5.74, 6) is 0.509. The lowest BCUT2D eigenvalue weighted by molar-refractivity contribution is -0.00173. The first-order valence-corrected chi connectivity index (χ1v) is 10.0. The molecule has 0 saturated carbocycles. The van der Waals surface area contributed by atoms with Gasteiger partial charge in [-0.3, -0.25) is 4.79 Å². The van der Waals surface area contributed by atoms with Crippen molar-refractivity contribution in [3.63, 3.8) is 0 Å². The van der Waals surface area contributed by atoms with Crippen LogP contribution in [0.3, 0.4) is 0 Å². The zero-order valence-corrected chi connectivity index (χ0v) is 16.4. The van der Waals surface area contributed by atoms with Crippen LogP contribution in [0.1, 0.15) is 27.8 Å². The van der Waals surface area contributed by atoms with Crippen LogP contribution in [-0.4, -0.2) is 34.3 Å². The van der Waals surface area contributed by atoms with Crippen molar-refractivity contribution in [2.24, 2.45) is 0 Å². The second-order valence-electron chi connectivity index (χ2n) is 6.32. The average Bonchev–Trinajstić information content (AvgIpc) is 3.18. The Balaban J connectivity index is 1.47. The van der Waals surface area contributed by atoms with Gasteiger partial charge in [-0.2, -0.15) is 0 Å². The predicted octanol–water partition coefficient (Wildman–Crippen LogP) is 3.53. The van der Waals surface area contributed by atoms with E-state index in [1.807, 2.05) is 54.8 Å². The quantitative estimate of drug-likeness (QED) is 0.665. The first-order chi connectivity index (χ1) is 13.7. The molecule has 0 bridgehead atoms. The number of fused-ring (bicyclic) bond motifs is 1. The molecule has 7 nitrogen and oxygen atoms in total. The van der Waals surface area contributed by atoms with E-state index in [-0.39, 0.29) is 18.6 Å². The molecule has 4 rings (SSSR count). The summed E-state index contributed by atoms with van der Waals surface area (Å²) in [6.07, 6.45) is 1.87. The van der Waals surface area contributed by atoms with Crippen LogP contribution in [0.25, 0.3) is 0 Å². The normalized spacial score (nSPS) is 15.7. The van der Waals surface area contributed by atoms with Gasteiger partial charge in [-0.15, -0.1) is 16.9 Å². The summed E-state index contributed by atoms with van der Waals surface area (Å²) in [6, 6.07) is 15.4. The monoisotopic (exact) mass is 396 g/mol. The van der Waals surface area contributed by atoms with Gasteiger partial charge in [0.1, 0.15) is 11.9 Å². The standard InChI is InChI=1S/C20H20N4O3S/c1-26-15-7-3-13(4-8-15)18-11-24-17(12-27-18)19(22-23-24)20(25)21-14-5-9-16(28-2)10-6-14/h3-10,18H,11-12H2,1-2H3,(H,21,25)/t18-/m1/s1. The number of hydrogen-bond donors (Lipinski definition) is 1. The maximum atomic E-state index is 12.6. The first kappa shape index (κ1) is 18.5. The summed E-state index contributed by atoms with van der Waals surface area (Å²) >= 11 is 1.65. The molecular formula is C20H20N4O3S. The van der Waals surface area contributed by atoms with Gasteiger partial charge in [0, 0.05) is 10.6 Å². The van der Waals surface area contributed by atoms with Crippen molar-refractivity contribution >= 4 is 23.4 Å². The summed E-state index contributed by atoms with van der Waals surface area (Å²) in [5.41, 5.74) is 2.73. The van der Waals surface area contributed by atoms with Gasteiger partial charge >= 0.3 is 0 Å². The molecule has 1 N–H and O–H groups in total. The summed E-state index contributed by atoms with van der Waals surface area (Å²) < 4.78 is 12.9. The molecule has 0 fully saturated rings. The Kier molecular flexibility index (Phi) is 5.31. The zero-order valence-electron chi connectivity index (χ0n) is 15.6. The van der Waals surface area contributed by atoms with Gasteiger partial charge in [0.15, 0.2) is 5.69 Å². The number of methoxy groups -OCH3 is 1. The molecule has 144 valence electrons. The molecule has 2 heterocycles. The SMILES string of the molecule is COc1ccc([C@H]2Cn3nnc(C(=O)Nc4ccc(SC)cc4)c3CO2)cc1. The lowest BCUT2D eigenvalue weighted by Gasteiger charge is -2.24. The van der Waals surface area contributed by atoms with E-state index in [4.69, 9.17) is 9.47 Å². The van der Waals surface area contributed by atoms with Crippen LogP contribution in [0.15, 0.2) is 53.4 Å². The van der Waals surface area contributed by atoms with E-state index in [1.165, 1.54) is 0 Å². The van der Waals surface area contributed by atoms with Crippen molar-refractivity contribution in [2.75, 3.05) is 18.7 Å². The lowest BCUT2D eigenvalue weighted by Crippen LogP contribution is -2.24. The van der Waals surface area contributed by atoms with E-state index < -0.39 is 0 Å². The minimum absolute atomic E-state index is 0.143. The number of carbonyl (C=O) groups is 1. The molecule has 1 atom stereocenters. The number of amides is 1. The number of nitrogens with zero attached hydrogens (tertiary/aromatic N) is 3. The van der Waals surface area contributed by atoms with Gasteiger partial charge in [-0.05, 0) is 48.2 Å². The Bertz CT molecular complexity index is 970. The van der Waals surface area contributed by atoms with Crippen LogP contribution >= 0.6 is 11.8 Å². The Labute approximate surface area is 167 Å². The van der Waals surface area contributed by atoms with E-state index in [2.05, 4.69) is 15.6 Å². The molecule has 0 unspecified atom stereocenters. The van der Waals surface area contributed by atoms with Gasteiger partial charge in [-0.25, -0.2) is 4.68 Å². The highest BCUT2D eigenvalue weighted by Gasteiger charge is 2.27. The molecule has 0 aliphatic carbocycles. The number of aromatic nitrogens is 3. The highest BCUT2D eigenvalue weighted by Crippen LogP contribution is 2.28. The molecule has 28 heavy (non-hydrogen) atoms. The van der Waals surface area contributed by atoms with Crippen molar-refractivity contribution in [1.29, 1.82) is 0 Å². The number of anilines is 1. The molecule has 1 aliphatic heterocycles. The van der Waals surface area contributed by atoms with Crippen LogP contribution in [0, 0.1) is 0 Å². The van der Waals surface area contributed by atoms with Gasteiger partial charge in [0.25, 0.3) is 5.91 Å². The van der Waals surface area contributed by atoms with Crippen LogP contribution in [0.4, 0.5) is 5.69 Å². The van der Waals surface area contributed by atoms with Crippen molar-refractivity contribution in [3.8, 4) is 5.75 Å². The second kappa shape index (κ2) is 8.04. The largest absolute Gasteiger partial charge is 0.497 e.